The van der Waals surface area contributed by atoms with Gasteiger partial charge in [0.25, 0.3) is 0 Å². The Labute approximate surface area is 219 Å². The van der Waals surface area contributed by atoms with Crippen LogP contribution in [0.3, 0.4) is 0 Å². The average Bonchev–Trinajstić information content (AvgIpc) is 3.56. The molecule has 0 radical (unpaired) electrons. The fourth-order valence-corrected chi connectivity index (χ4v) is 4.89. The van der Waals surface area contributed by atoms with Gasteiger partial charge in [-0.25, -0.2) is 18.7 Å². The summed E-state index contributed by atoms with van der Waals surface area (Å²) in [7, 11) is 1.84. The quantitative estimate of drug-likeness (QED) is 0.339. The Kier molecular flexibility index (Phi) is 7.70. The third kappa shape index (κ3) is 6.20. The topological polar surface area (TPSA) is 100 Å². The molecule has 11 heteroatoms. The molecule has 1 fully saturated rings. The van der Waals surface area contributed by atoms with Crippen LogP contribution in [0.5, 0.6) is 0 Å². The number of benzene rings is 1. The van der Waals surface area contributed by atoms with Gasteiger partial charge in [-0.1, -0.05) is 6.07 Å². The van der Waals surface area contributed by atoms with Crippen LogP contribution in [0.15, 0.2) is 55.1 Å². The summed E-state index contributed by atoms with van der Waals surface area (Å²) in [6.45, 7) is 2.13. The van der Waals surface area contributed by atoms with E-state index in [-0.39, 0.29) is 6.04 Å². The van der Waals surface area contributed by atoms with Gasteiger partial charge in [-0.15, -0.1) is 0 Å². The lowest BCUT2D eigenvalue weighted by molar-refractivity contribution is 0.158. The van der Waals surface area contributed by atoms with Crippen LogP contribution >= 0.6 is 0 Å². The lowest BCUT2D eigenvalue weighted by Gasteiger charge is -2.33. The number of hydrogen-bond donors (Lipinski definition) is 1. The highest BCUT2D eigenvalue weighted by molar-refractivity contribution is 5.59. The van der Waals surface area contributed by atoms with E-state index in [1.807, 2.05) is 36.3 Å². The largest absolute Gasteiger partial charge is 0.307 e. The van der Waals surface area contributed by atoms with Gasteiger partial charge in [0, 0.05) is 55.4 Å². The number of aryl methyl sites for hydroxylation is 1. The first-order chi connectivity index (χ1) is 18.5. The van der Waals surface area contributed by atoms with E-state index in [1.165, 1.54) is 12.1 Å². The van der Waals surface area contributed by atoms with E-state index < -0.39 is 11.6 Å². The van der Waals surface area contributed by atoms with Gasteiger partial charge in [0.15, 0.2) is 5.82 Å². The predicted octanol–water partition coefficient (Wildman–Crippen LogP) is 4.85. The molecule has 1 N–H and O–H groups in total. The van der Waals surface area contributed by atoms with Gasteiger partial charge in [-0.2, -0.15) is 15.5 Å². The van der Waals surface area contributed by atoms with Crippen LogP contribution in [0.25, 0.3) is 11.3 Å². The minimum Gasteiger partial charge on any atom is -0.307 e. The summed E-state index contributed by atoms with van der Waals surface area (Å²) in [6, 6.07) is 9.68. The Morgan fingerprint density at radius 3 is 2.76 bits per heavy atom. The first-order valence-corrected chi connectivity index (χ1v) is 12.6. The summed E-state index contributed by atoms with van der Waals surface area (Å²) < 4.78 is 30.8. The molecular formula is C27H29F2N9. The van der Waals surface area contributed by atoms with Crippen molar-refractivity contribution >= 4 is 11.8 Å². The van der Waals surface area contributed by atoms with Gasteiger partial charge in [-0.05, 0) is 50.4 Å². The molecule has 4 heterocycles. The molecule has 0 amide bonds. The fourth-order valence-electron chi connectivity index (χ4n) is 4.89. The standard InChI is InChI=1S/C27H29F2N9/c1-36-11-8-26(35-36)34-27-31-10-5-25(33-27)21-16-32-38(18-21)23(4-9-30)14-19-6-12-37(13-7-19)17-20-2-3-22(28)15-24(20)29/h2-3,5,8,10-11,15-16,18-19,23H,4,6-7,12-14,17H2,1H3,(H,31,33,34,35). The second-order valence-corrected chi connectivity index (χ2v) is 9.68. The first-order valence-electron chi connectivity index (χ1n) is 12.6. The number of nitriles is 1. The van der Waals surface area contributed by atoms with Crippen molar-refractivity contribution in [3.8, 4) is 17.3 Å². The number of hydrogen-bond acceptors (Lipinski definition) is 7. The van der Waals surface area contributed by atoms with Crippen molar-refractivity contribution in [3.05, 3.63) is 72.3 Å². The zero-order chi connectivity index (χ0) is 26.5. The van der Waals surface area contributed by atoms with E-state index in [2.05, 4.69) is 36.5 Å². The summed E-state index contributed by atoms with van der Waals surface area (Å²) >= 11 is 0. The monoisotopic (exact) mass is 517 g/mol. The van der Waals surface area contributed by atoms with Crippen molar-refractivity contribution in [1.82, 2.24) is 34.4 Å². The van der Waals surface area contributed by atoms with Crippen LogP contribution in [0.4, 0.5) is 20.5 Å². The zero-order valence-electron chi connectivity index (χ0n) is 21.1. The second kappa shape index (κ2) is 11.5. The Morgan fingerprint density at radius 2 is 2.03 bits per heavy atom. The van der Waals surface area contributed by atoms with Crippen molar-refractivity contribution in [2.24, 2.45) is 13.0 Å². The molecule has 0 saturated carbocycles. The van der Waals surface area contributed by atoms with E-state index in [0.717, 1.165) is 49.7 Å². The summed E-state index contributed by atoms with van der Waals surface area (Å²) in [5.74, 6) is 0.470. The molecule has 1 aliphatic rings. The lowest BCUT2D eigenvalue weighted by Crippen LogP contribution is -2.34. The Morgan fingerprint density at radius 1 is 1.18 bits per heavy atom. The molecule has 0 bridgehead atoms. The predicted molar refractivity (Wildman–Crippen MR) is 138 cm³/mol. The number of nitrogens with one attached hydrogen (secondary N) is 1. The molecule has 5 rings (SSSR count). The Bertz CT molecular complexity index is 1420. The number of nitrogens with zero attached hydrogens (tertiary/aromatic N) is 8. The summed E-state index contributed by atoms with van der Waals surface area (Å²) in [4.78, 5) is 11.1. The number of halogens is 2. The molecule has 196 valence electrons. The van der Waals surface area contributed by atoms with Crippen LogP contribution < -0.4 is 5.32 Å². The molecule has 0 aliphatic carbocycles. The highest BCUT2D eigenvalue weighted by atomic mass is 19.1. The van der Waals surface area contributed by atoms with Gasteiger partial charge in [-0.3, -0.25) is 14.3 Å². The van der Waals surface area contributed by atoms with Crippen LogP contribution in [0.2, 0.25) is 0 Å². The first kappa shape index (κ1) is 25.5. The minimum atomic E-state index is -0.559. The molecule has 1 atom stereocenters. The van der Waals surface area contributed by atoms with E-state index in [9.17, 15) is 14.0 Å². The number of piperidine rings is 1. The number of aromatic nitrogens is 6. The van der Waals surface area contributed by atoms with E-state index in [0.29, 0.717) is 36.2 Å². The summed E-state index contributed by atoms with van der Waals surface area (Å²) in [5.41, 5.74) is 2.08. The molecular weight excluding hydrogens is 488 g/mol. The van der Waals surface area contributed by atoms with Crippen molar-refractivity contribution in [1.29, 1.82) is 5.26 Å². The second-order valence-electron chi connectivity index (χ2n) is 9.68. The van der Waals surface area contributed by atoms with Gasteiger partial charge in [0.05, 0.1) is 30.4 Å². The van der Waals surface area contributed by atoms with E-state index >= 15 is 0 Å². The lowest BCUT2D eigenvalue weighted by atomic mass is 9.89. The maximum atomic E-state index is 14.1. The molecule has 1 aliphatic heterocycles. The third-order valence-electron chi connectivity index (χ3n) is 6.93. The van der Waals surface area contributed by atoms with Crippen LogP contribution in [-0.4, -0.2) is 47.5 Å². The third-order valence-corrected chi connectivity index (χ3v) is 6.93. The number of rotatable bonds is 9. The van der Waals surface area contributed by atoms with Crippen LogP contribution in [-0.2, 0) is 13.6 Å². The highest BCUT2D eigenvalue weighted by Gasteiger charge is 2.24. The molecule has 1 saturated heterocycles. The van der Waals surface area contributed by atoms with E-state index in [4.69, 9.17) is 0 Å². The van der Waals surface area contributed by atoms with Crippen molar-refractivity contribution in [2.45, 2.75) is 38.3 Å². The van der Waals surface area contributed by atoms with Gasteiger partial charge in [0.1, 0.15) is 11.6 Å². The maximum absolute atomic E-state index is 14.1. The van der Waals surface area contributed by atoms with Gasteiger partial charge >= 0.3 is 0 Å². The molecule has 3 aromatic heterocycles. The van der Waals surface area contributed by atoms with Gasteiger partial charge in [0.2, 0.25) is 5.95 Å². The van der Waals surface area contributed by atoms with Gasteiger partial charge < -0.3 is 5.32 Å². The minimum absolute atomic E-state index is 0.0483. The smallest absolute Gasteiger partial charge is 0.228 e. The summed E-state index contributed by atoms with van der Waals surface area (Å²) in [6.07, 6.45) is 10.3. The molecule has 1 unspecified atom stereocenters. The van der Waals surface area contributed by atoms with E-state index in [1.54, 1.807) is 17.1 Å². The van der Waals surface area contributed by atoms with Crippen molar-refractivity contribution < 1.29 is 8.78 Å². The summed E-state index contributed by atoms with van der Waals surface area (Å²) in [5, 5.41) is 21.4. The normalized spacial score (nSPS) is 15.3. The van der Waals surface area contributed by atoms with Crippen LogP contribution in [0.1, 0.15) is 37.3 Å². The maximum Gasteiger partial charge on any atom is 0.228 e. The van der Waals surface area contributed by atoms with Crippen LogP contribution in [0, 0.1) is 28.9 Å². The van der Waals surface area contributed by atoms with Crippen molar-refractivity contribution in [2.75, 3.05) is 18.4 Å². The molecule has 0 spiro atoms. The Balaban J connectivity index is 1.20. The fraction of sp³-hybridized carbons (Fsp3) is 0.370. The molecule has 38 heavy (non-hydrogen) atoms. The SMILES string of the molecule is Cn1ccc(Nc2nccc(-c3cnn(C(CC#N)CC4CCN(Cc5ccc(F)cc5F)CC4)c3)n2)n1. The zero-order valence-corrected chi connectivity index (χ0v) is 21.1. The average molecular weight is 518 g/mol. The number of likely N-dealkylation sites (tertiary alicyclic amines) is 1. The number of anilines is 2. The highest BCUT2D eigenvalue weighted by Crippen LogP contribution is 2.30. The Hall–Kier alpha value is -4.17. The molecule has 1 aromatic carbocycles. The molecule has 4 aromatic rings. The van der Waals surface area contributed by atoms with Crippen molar-refractivity contribution in [3.63, 3.8) is 0 Å². The molecule has 9 nitrogen and oxygen atoms in total.